The molecule has 0 bridgehead atoms. The molecule has 0 fully saturated rings. The number of rotatable bonds is 5. The van der Waals surface area contributed by atoms with Crippen LogP contribution < -0.4 is 5.73 Å². The van der Waals surface area contributed by atoms with Crippen molar-refractivity contribution in [3.8, 4) is 0 Å². The Hall–Kier alpha value is -0.930. The molecule has 14 heavy (non-hydrogen) atoms. The average molecular weight is 209 g/mol. The van der Waals surface area contributed by atoms with Crippen LogP contribution in [0.1, 0.15) is 24.5 Å². The Morgan fingerprint density at radius 3 is 2.79 bits per heavy atom. The van der Waals surface area contributed by atoms with Crippen LogP contribution in [0, 0.1) is 0 Å². The van der Waals surface area contributed by atoms with E-state index in [1.807, 2.05) is 24.3 Å². The third-order valence-electron chi connectivity index (χ3n) is 1.89. The molecule has 2 N–H and O–H groups in total. The van der Waals surface area contributed by atoms with Crippen LogP contribution in [0.15, 0.2) is 24.3 Å². The van der Waals surface area contributed by atoms with Crippen LogP contribution >= 0.6 is 12.2 Å². The Morgan fingerprint density at radius 1 is 1.43 bits per heavy atom. The van der Waals surface area contributed by atoms with Gasteiger partial charge >= 0.3 is 0 Å². The van der Waals surface area contributed by atoms with Crippen LogP contribution in [0.3, 0.4) is 0 Å². The molecule has 0 saturated carbocycles. The first-order valence-electron chi connectivity index (χ1n) is 4.71. The summed E-state index contributed by atoms with van der Waals surface area (Å²) in [4.78, 5) is 0.431. The second-order valence-corrected chi connectivity index (χ2v) is 3.51. The fourth-order valence-electron chi connectivity index (χ4n) is 1.21. The summed E-state index contributed by atoms with van der Waals surface area (Å²) >= 11 is 4.95. The highest BCUT2D eigenvalue weighted by Gasteiger charge is 2.03. The fourth-order valence-corrected chi connectivity index (χ4v) is 1.41. The Kier molecular flexibility index (Phi) is 4.56. The summed E-state index contributed by atoms with van der Waals surface area (Å²) in [5.74, 6) is 0. The second-order valence-electron chi connectivity index (χ2n) is 3.07. The first kappa shape index (κ1) is 11.1. The molecule has 0 radical (unpaired) electrons. The van der Waals surface area contributed by atoms with Crippen molar-refractivity contribution in [2.24, 2.45) is 5.73 Å². The van der Waals surface area contributed by atoms with E-state index in [9.17, 15) is 0 Å². The normalized spacial score (nSPS) is 10.1. The summed E-state index contributed by atoms with van der Waals surface area (Å²) in [7, 11) is 0. The summed E-state index contributed by atoms with van der Waals surface area (Å²) in [6.07, 6.45) is 1.02. The van der Waals surface area contributed by atoms with Crippen molar-refractivity contribution in [1.29, 1.82) is 0 Å². The van der Waals surface area contributed by atoms with Crippen molar-refractivity contribution in [2.75, 3.05) is 6.61 Å². The first-order valence-corrected chi connectivity index (χ1v) is 5.12. The van der Waals surface area contributed by atoms with Crippen LogP contribution in [0.4, 0.5) is 0 Å². The molecule has 0 aromatic heterocycles. The Labute approximate surface area is 90.1 Å². The van der Waals surface area contributed by atoms with Crippen molar-refractivity contribution in [3.05, 3.63) is 35.4 Å². The molecule has 76 valence electrons. The largest absolute Gasteiger partial charge is 0.389 e. The minimum absolute atomic E-state index is 0.431. The van der Waals surface area contributed by atoms with Gasteiger partial charge in [-0.2, -0.15) is 0 Å². The molecule has 0 aliphatic heterocycles. The van der Waals surface area contributed by atoms with Crippen molar-refractivity contribution < 1.29 is 4.74 Å². The third-order valence-corrected chi connectivity index (χ3v) is 2.11. The zero-order chi connectivity index (χ0) is 10.4. The van der Waals surface area contributed by atoms with Crippen LogP contribution in [-0.4, -0.2) is 11.6 Å². The van der Waals surface area contributed by atoms with Gasteiger partial charge in [-0.1, -0.05) is 43.4 Å². The van der Waals surface area contributed by atoms with Gasteiger partial charge in [0, 0.05) is 12.2 Å². The summed E-state index contributed by atoms with van der Waals surface area (Å²) in [6, 6.07) is 7.81. The number of nitrogens with two attached hydrogens (primary N) is 1. The van der Waals surface area contributed by atoms with Gasteiger partial charge in [-0.25, -0.2) is 0 Å². The maximum atomic E-state index is 5.59. The zero-order valence-corrected chi connectivity index (χ0v) is 9.14. The number of benzene rings is 1. The predicted octanol–water partition coefficient (Wildman–Crippen LogP) is 2.25. The highest BCUT2D eigenvalue weighted by atomic mass is 32.1. The van der Waals surface area contributed by atoms with Crippen LogP contribution in [0.2, 0.25) is 0 Å². The Balaban J connectivity index is 2.69. The minimum Gasteiger partial charge on any atom is -0.389 e. The van der Waals surface area contributed by atoms with Crippen molar-refractivity contribution in [1.82, 2.24) is 0 Å². The van der Waals surface area contributed by atoms with Gasteiger partial charge in [-0.15, -0.1) is 0 Å². The lowest BCUT2D eigenvalue weighted by Crippen LogP contribution is -2.12. The van der Waals surface area contributed by atoms with Crippen LogP contribution in [-0.2, 0) is 11.3 Å². The zero-order valence-electron chi connectivity index (χ0n) is 8.32. The van der Waals surface area contributed by atoms with Gasteiger partial charge in [-0.3, -0.25) is 0 Å². The molecular formula is C11H15NOS. The maximum absolute atomic E-state index is 5.59. The SMILES string of the molecule is CCCOCc1ccccc1C(N)=S. The molecule has 0 amide bonds. The lowest BCUT2D eigenvalue weighted by molar-refractivity contribution is 0.121. The maximum Gasteiger partial charge on any atom is 0.104 e. The molecule has 0 unspecified atom stereocenters. The lowest BCUT2D eigenvalue weighted by Gasteiger charge is -2.07. The van der Waals surface area contributed by atoms with Gasteiger partial charge in [0.15, 0.2) is 0 Å². The number of thiocarbonyl (C=S) groups is 1. The lowest BCUT2D eigenvalue weighted by atomic mass is 10.1. The average Bonchev–Trinajstić information content (AvgIpc) is 2.19. The Bertz CT molecular complexity index is 312. The van der Waals surface area contributed by atoms with E-state index in [1.165, 1.54) is 0 Å². The second kappa shape index (κ2) is 5.73. The topological polar surface area (TPSA) is 35.2 Å². The molecule has 1 aromatic carbocycles. The molecule has 1 rings (SSSR count). The monoisotopic (exact) mass is 209 g/mol. The summed E-state index contributed by atoms with van der Waals surface area (Å²) in [5, 5.41) is 0. The summed E-state index contributed by atoms with van der Waals surface area (Å²) in [5.41, 5.74) is 7.57. The number of ether oxygens (including phenoxy) is 1. The van der Waals surface area contributed by atoms with Gasteiger partial charge in [-0.05, 0) is 12.0 Å². The molecule has 0 aliphatic carbocycles. The van der Waals surface area contributed by atoms with E-state index in [4.69, 9.17) is 22.7 Å². The van der Waals surface area contributed by atoms with Gasteiger partial charge in [0.2, 0.25) is 0 Å². The van der Waals surface area contributed by atoms with E-state index < -0.39 is 0 Å². The molecule has 0 spiro atoms. The molecule has 2 nitrogen and oxygen atoms in total. The summed E-state index contributed by atoms with van der Waals surface area (Å²) < 4.78 is 5.44. The van der Waals surface area contributed by atoms with Crippen molar-refractivity contribution in [3.63, 3.8) is 0 Å². The van der Waals surface area contributed by atoms with E-state index >= 15 is 0 Å². The van der Waals surface area contributed by atoms with Crippen molar-refractivity contribution >= 4 is 17.2 Å². The number of hydrogen-bond donors (Lipinski definition) is 1. The standard InChI is InChI=1S/C11H15NOS/c1-2-7-13-8-9-5-3-4-6-10(9)11(12)14/h3-6H,2,7-8H2,1H3,(H2,12,14). The quantitative estimate of drug-likeness (QED) is 0.596. The highest BCUT2D eigenvalue weighted by molar-refractivity contribution is 7.80. The van der Waals surface area contributed by atoms with E-state index in [0.29, 0.717) is 11.6 Å². The number of hydrogen-bond acceptors (Lipinski definition) is 2. The van der Waals surface area contributed by atoms with E-state index in [2.05, 4.69) is 6.92 Å². The Morgan fingerprint density at radius 2 is 2.14 bits per heavy atom. The minimum atomic E-state index is 0.431. The van der Waals surface area contributed by atoms with Crippen molar-refractivity contribution in [2.45, 2.75) is 20.0 Å². The fraction of sp³-hybridized carbons (Fsp3) is 0.364. The smallest absolute Gasteiger partial charge is 0.104 e. The molecule has 0 heterocycles. The van der Waals surface area contributed by atoms with E-state index in [-0.39, 0.29) is 0 Å². The van der Waals surface area contributed by atoms with Gasteiger partial charge in [0.25, 0.3) is 0 Å². The molecule has 0 saturated heterocycles. The van der Waals surface area contributed by atoms with Crippen LogP contribution in [0.25, 0.3) is 0 Å². The summed E-state index contributed by atoms with van der Waals surface area (Å²) in [6.45, 7) is 3.44. The molecular weight excluding hydrogens is 194 g/mol. The third kappa shape index (κ3) is 3.09. The van der Waals surface area contributed by atoms with Gasteiger partial charge in [0.05, 0.1) is 6.61 Å². The van der Waals surface area contributed by atoms with Crippen LogP contribution in [0.5, 0.6) is 0 Å². The predicted molar refractivity (Wildman–Crippen MR) is 62.3 cm³/mol. The first-order chi connectivity index (χ1) is 6.75. The van der Waals surface area contributed by atoms with Gasteiger partial charge in [0.1, 0.15) is 4.99 Å². The molecule has 0 aliphatic rings. The van der Waals surface area contributed by atoms with E-state index in [1.54, 1.807) is 0 Å². The molecule has 3 heteroatoms. The van der Waals surface area contributed by atoms with Gasteiger partial charge < -0.3 is 10.5 Å². The molecule has 0 atom stereocenters. The van der Waals surface area contributed by atoms with E-state index in [0.717, 1.165) is 24.2 Å². The molecule has 1 aromatic rings. The highest BCUT2D eigenvalue weighted by Crippen LogP contribution is 2.09.